The van der Waals surface area contributed by atoms with Crippen molar-refractivity contribution in [2.75, 3.05) is 5.32 Å². The fraction of sp³-hybridized carbons (Fsp3) is 0.500. The molecule has 1 rings (SSSR count). The third kappa shape index (κ3) is 4.04. The van der Waals surface area contributed by atoms with E-state index >= 15 is 0 Å². The van der Waals surface area contributed by atoms with Crippen LogP contribution < -0.4 is 5.32 Å². The molecule has 1 aromatic carbocycles. The highest BCUT2D eigenvalue weighted by atomic mass is 79.9. The third-order valence-corrected chi connectivity index (χ3v) is 4.13. The number of hydrogen-bond donors (Lipinski definition) is 1. The molecule has 0 radical (unpaired) electrons. The van der Waals surface area contributed by atoms with Gasteiger partial charge in [0, 0.05) is 5.69 Å². The molecule has 0 aromatic heterocycles. The van der Waals surface area contributed by atoms with E-state index < -0.39 is 5.41 Å². The summed E-state index contributed by atoms with van der Waals surface area (Å²) >= 11 is 3.11. The topological polar surface area (TPSA) is 52.9 Å². The van der Waals surface area contributed by atoms with E-state index in [4.69, 9.17) is 0 Å². The van der Waals surface area contributed by atoms with Gasteiger partial charge in [-0.05, 0) is 53.4 Å². The van der Waals surface area contributed by atoms with E-state index in [9.17, 15) is 14.4 Å². The van der Waals surface area contributed by atoms with Gasteiger partial charge in [0.2, 0.25) is 5.91 Å². The lowest BCUT2D eigenvalue weighted by molar-refractivity contribution is -0.123. The van der Waals surface area contributed by atoms with Gasteiger partial charge in [0.1, 0.15) is 11.2 Å². The van der Waals surface area contributed by atoms with Crippen molar-refractivity contribution in [1.82, 2.24) is 0 Å². The number of rotatable bonds is 6. The molecule has 0 aliphatic rings. The molecule has 1 amide bonds. The zero-order chi connectivity index (χ0) is 16.0. The van der Waals surface area contributed by atoms with Crippen LogP contribution in [0.5, 0.6) is 0 Å². The Hall–Kier alpha value is -1.41. The van der Waals surface area contributed by atoms with E-state index in [1.165, 1.54) is 12.1 Å². The fourth-order valence-electron chi connectivity index (χ4n) is 2.39. The van der Waals surface area contributed by atoms with Crippen molar-refractivity contribution in [1.29, 1.82) is 5.26 Å². The molecule has 0 heterocycles. The highest BCUT2D eigenvalue weighted by molar-refractivity contribution is 9.10. The standard InChI is InChI=1S/C16H20BrFN2O/c1-4-6-16(10-19,7-5-2)15(21)20-14-9-12(17)13(18)8-11(14)3/h8-9H,4-7H2,1-3H3,(H,20,21). The van der Waals surface area contributed by atoms with Crippen molar-refractivity contribution < 1.29 is 9.18 Å². The SMILES string of the molecule is CCCC(C#N)(CCC)C(=O)Nc1cc(Br)c(F)cc1C. The third-order valence-electron chi connectivity index (χ3n) is 3.52. The van der Waals surface area contributed by atoms with Gasteiger partial charge in [-0.2, -0.15) is 5.26 Å². The smallest absolute Gasteiger partial charge is 0.244 e. The van der Waals surface area contributed by atoms with E-state index in [1.807, 2.05) is 13.8 Å². The summed E-state index contributed by atoms with van der Waals surface area (Å²) < 4.78 is 13.7. The Morgan fingerprint density at radius 1 is 1.38 bits per heavy atom. The van der Waals surface area contributed by atoms with Crippen LogP contribution in [-0.4, -0.2) is 5.91 Å². The lowest BCUT2D eigenvalue weighted by atomic mass is 9.79. The van der Waals surface area contributed by atoms with Gasteiger partial charge in [-0.1, -0.05) is 26.7 Å². The van der Waals surface area contributed by atoms with Crippen LogP contribution in [0, 0.1) is 29.5 Å². The van der Waals surface area contributed by atoms with Crippen LogP contribution in [0.15, 0.2) is 16.6 Å². The van der Waals surface area contributed by atoms with Gasteiger partial charge in [-0.25, -0.2) is 4.39 Å². The molecular formula is C16H20BrFN2O. The predicted octanol–water partition coefficient (Wildman–Crippen LogP) is 4.95. The number of carbonyl (C=O) groups excluding carboxylic acids is 1. The molecule has 0 bridgehead atoms. The van der Waals surface area contributed by atoms with Crippen molar-refractivity contribution in [3.8, 4) is 6.07 Å². The number of aryl methyl sites for hydroxylation is 1. The lowest BCUT2D eigenvalue weighted by Crippen LogP contribution is -2.35. The second kappa shape index (κ2) is 7.56. The van der Waals surface area contributed by atoms with Crippen molar-refractivity contribution in [3.63, 3.8) is 0 Å². The lowest BCUT2D eigenvalue weighted by Gasteiger charge is -2.25. The Kier molecular flexibility index (Phi) is 6.35. The minimum atomic E-state index is -1.02. The number of nitrogens with zero attached hydrogens (tertiary/aromatic N) is 1. The summed E-state index contributed by atoms with van der Waals surface area (Å²) in [6, 6.07) is 5.07. The quantitative estimate of drug-likeness (QED) is 0.785. The molecule has 0 atom stereocenters. The highest BCUT2D eigenvalue weighted by Gasteiger charge is 2.37. The van der Waals surface area contributed by atoms with Gasteiger partial charge in [0.25, 0.3) is 0 Å². The maximum absolute atomic E-state index is 13.4. The van der Waals surface area contributed by atoms with Crippen LogP contribution >= 0.6 is 15.9 Å². The molecule has 3 nitrogen and oxygen atoms in total. The summed E-state index contributed by atoms with van der Waals surface area (Å²) in [7, 11) is 0. The Balaban J connectivity index is 3.08. The van der Waals surface area contributed by atoms with Gasteiger partial charge in [-0.3, -0.25) is 4.79 Å². The van der Waals surface area contributed by atoms with Crippen molar-refractivity contribution in [3.05, 3.63) is 28.0 Å². The molecule has 0 saturated heterocycles. The van der Waals surface area contributed by atoms with Gasteiger partial charge in [-0.15, -0.1) is 0 Å². The second-order valence-corrected chi connectivity index (χ2v) is 6.08. The summed E-state index contributed by atoms with van der Waals surface area (Å²) in [4.78, 5) is 12.6. The number of hydrogen-bond acceptors (Lipinski definition) is 2. The molecule has 0 unspecified atom stereocenters. The van der Waals surface area contributed by atoms with Crippen LogP contribution in [0.2, 0.25) is 0 Å². The van der Waals surface area contributed by atoms with E-state index in [-0.39, 0.29) is 16.2 Å². The van der Waals surface area contributed by atoms with Crippen molar-refractivity contribution in [2.24, 2.45) is 5.41 Å². The van der Waals surface area contributed by atoms with Crippen LogP contribution in [-0.2, 0) is 4.79 Å². The molecule has 21 heavy (non-hydrogen) atoms. The minimum absolute atomic E-state index is 0.289. The first-order valence-electron chi connectivity index (χ1n) is 7.08. The first-order chi connectivity index (χ1) is 9.90. The zero-order valence-electron chi connectivity index (χ0n) is 12.6. The van der Waals surface area contributed by atoms with E-state index in [0.29, 0.717) is 24.1 Å². The average molecular weight is 355 g/mol. The number of carbonyl (C=O) groups is 1. The Labute approximate surface area is 133 Å². The molecule has 1 N–H and O–H groups in total. The number of benzene rings is 1. The molecule has 0 saturated carbocycles. The first kappa shape index (κ1) is 17.6. The molecule has 114 valence electrons. The monoisotopic (exact) mass is 354 g/mol. The first-order valence-corrected chi connectivity index (χ1v) is 7.87. The van der Waals surface area contributed by atoms with E-state index in [0.717, 1.165) is 12.8 Å². The number of nitrogens with one attached hydrogen (secondary N) is 1. The molecule has 0 aliphatic carbocycles. The maximum atomic E-state index is 13.4. The summed E-state index contributed by atoms with van der Waals surface area (Å²) in [5.41, 5.74) is 0.139. The van der Waals surface area contributed by atoms with Crippen LogP contribution in [0.3, 0.4) is 0 Å². The zero-order valence-corrected chi connectivity index (χ0v) is 14.2. The second-order valence-electron chi connectivity index (χ2n) is 5.23. The van der Waals surface area contributed by atoms with Gasteiger partial charge in [0.15, 0.2) is 0 Å². The minimum Gasteiger partial charge on any atom is -0.324 e. The number of anilines is 1. The van der Waals surface area contributed by atoms with Crippen molar-refractivity contribution in [2.45, 2.75) is 46.5 Å². The molecule has 1 aromatic rings. The van der Waals surface area contributed by atoms with E-state index in [1.54, 1.807) is 6.92 Å². The highest BCUT2D eigenvalue weighted by Crippen LogP contribution is 2.32. The summed E-state index contributed by atoms with van der Waals surface area (Å²) in [5, 5.41) is 12.3. The van der Waals surface area contributed by atoms with Crippen LogP contribution in [0.1, 0.15) is 45.1 Å². The van der Waals surface area contributed by atoms with Crippen LogP contribution in [0.25, 0.3) is 0 Å². The normalized spacial score (nSPS) is 11.0. The van der Waals surface area contributed by atoms with Crippen molar-refractivity contribution >= 4 is 27.5 Å². The Bertz CT molecular complexity index is 560. The van der Waals surface area contributed by atoms with Crippen LogP contribution in [0.4, 0.5) is 10.1 Å². The van der Waals surface area contributed by atoms with Gasteiger partial charge in [0.05, 0.1) is 10.5 Å². The number of halogens is 2. The predicted molar refractivity (Wildman–Crippen MR) is 85.3 cm³/mol. The Morgan fingerprint density at radius 3 is 2.43 bits per heavy atom. The summed E-state index contributed by atoms with van der Waals surface area (Å²) in [6.07, 6.45) is 2.55. The number of nitriles is 1. The molecular weight excluding hydrogens is 335 g/mol. The maximum Gasteiger partial charge on any atom is 0.244 e. The Morgan fingerprint density at radius 2 is 1.95 bits per heavy atom. The summed E-state index contributed by atoms with van der Waals surface area (Å²) in [5.74, 6) is -0.686. The summed E-state index contributed by atoms with van der Waals surface area (Å²) in [6.45, 7) is 5.63. The van der Waals surface area contributed by atoms with E-state index in [2.05, 4.69) is 27.3 Å². The molecule has 0 aliphatic heterocycles. The molecule has 0 fully saturated rings. The van der Waals surface area contributed by atoms with Gasteiger partial charge >= 0.3 is 0 Å². The number of amides is 1. The average Bonchev–Trinajstić information content (AvgIpc) is 2.44. The van der Waals surface area contributed by atoms with Gasteiger partial charge < -0.3 is 5.32 Å². The fourth-order valence-corrected chi connectivity index (χ4v) is 2.73. The molecule has 0 spiro atoms. The molecule has 5 heteroatoms. The largest absolute Gasteiger partial charge is 0.324 e.